The second-order valence-electron chi connectivity index (χ2n) is 8.30. The maximum absolute atomic E-state index is 13.4. The minimum absolute atomic E-state index is 0.00708. The topological polar surface area (TPSA) is 142 Å². The van der Waals surface area contributed by atoms with Crippen molar-refractivity contribution in [3.8, 4) is 0 Å². The first-order chi connectivity index (χ1) is 17.1. The van der Waals surface area contributed by atoms with Gasteiger partial charge in [-0.2, -0.15) is 0 Å². The van der Waals surface area contributed by atoms with Crippen molar-refractivity contribution in [2.75, 3.05) is 23.8 Å². The van der Waals surface area contributed by atoms with Gasteiger partial charge in [-0.15, -0.1) is 0 Å². The maximum Gasteiger partial charge on any atom is 0.255 e. The first kappa shape index (κ1) is 22.6. The molecule has 1 amide bonds. The number of aliphatic hydroxyl groups excluding tert-OH is 1. The summed E-state index contributed by atoms with van der Waals surface area (Å²) in [5.41, 5.74) is 2.54. The highest BCUT2D eigenvalue weighted by atomic mass is 16.5. The molecule has 4 aromatic rings. The van der Waals surface area contributed by atoms with Gasteiger partial charge in [-0.05, 0) is 49.2 Å². The number of ketones is 1. The molecule has 0 aliphatic carbocycles. The fourth-order valence-electron chi connectivity index (χ4n) is 4.08. The normalized spacial score (nSPS) is 17.7. The van der Waals surface area contributed by atoms with Gasteiger partial charge in [0.05, 0.1) is 36.3 Å². The number of aromatic amines is 1. The van der Waals surface area contributed by atoms with Gasteiger partial charge in [-0.1, -0.05) is 0 Å². The SMILES string of the molecule is O=C(Nc1ccc(C(=O)c2c[nH]c3ncnc(N[C@@H]4CC[C@@H](CO)OC4)c23)cc1)c1ccncc1. The molecule has 1 aliphatic rings. The Hall–Kier alpha value is -4.15. The van der Waals surface area contributed by atoms with Crippen molar-refractivity contribution in [1.29, 1.82) is 0 Å². The van der Waals surface area contributed by atoms with E-state index in [1.54, 1.807) is 55.0 Å². The van der Waals surface area contributed by atoms with Crippen molar-refractivity contribution in [1.82, 2.24) is 19.9 Å². The second-order valence-corrected chi connectivity index (χ2v) is 8.30. The van der Waals surface area contributed by atoms with Crippen LogP contribution in [0.4, 0.5) is 11.5 Å². The Morgan fingerprint density at radius 2 is 1.86 bits per heavy atom. The van der Waals surface area contributed by atoms with Gasteiger partial charge in [0.1, 0.15) is 17.8 Å². The first-order valence-electron chi connectivity index (χ1n) is 11.3. The Morgan fingerprint density at radius 3 is 2.57 bits per heavy atom. The number of anilines is 2. The molecule has 35 heavy (non-hydrogen) atoms. The Kier molecular flexibility index (Phi) is 6.47. The zero-order valence-electron chi connectivity index (χ0n) is 18.8. The molecule has 10 nitrogen and oxygen atoms in total. The summed E-state index contributed by atoms with van der Waals surface area (Å²) in [4.78, 5) is 41.3. The summed E-state index contributed by atoms with van der Waals surface area (Å²) in [6.07, 6.45) is 7.60. The Balaban J connectivity index is 1.34. The summed E-state index contributed by atoms with van der Waals surface area (Å²) in [6, 6.07) is 9.98. The third-order valence-corrected chi connectivity index (χ3v) is 5.98. The number of aromatic nitrogens is 4. The summed E-state index contributed by atoms with van der Waals surface area (Å²) in [7, 11) is 0. The van der Waals surface area contributed by atoms with Crippen LogP contribution >= 0.6 is 0 Å². The van der Waals surface area contributed by atoms with Crippen LogP contribution < -0.4 is 10.6 Å². The number of pyridine rings is 1. The van der Waals surface area contributed by atoms with E-state index in [4.69, 9.17) is 4.74 Å². The average molecular weight is 473 g/mol. The number of carbonyl (C=O) groups is 2. The van der Waals surface area contributed by atoms with E-state index >= 15 is 0 Å². The lowest BCUT2D eigenvalue weighted by Gasteiger charge is -2.29. The number of aliphatic hydroxyl groups is 1. The van der Waals surface area contributed by atoms with Crippen LogP contribution in [0, 0.1) is 0 Å². The van der Waals surface area contributed by atoms with E-state index < -0.39 is 0 Å². The fraction of sp³-hybridized carbons (Fsp3) is 0.240. The number of carbonyl (C=O) groups excluding carboxylic acids is 2. The van der Waals surface area contributed by atoms with Gasteiger partial charge in [0.25, 0.3) is 5.91 Å². The summed E-state index contributed by atoms with van der Waals surface area (Å²) in [5, 5.41) is 16.1. The van der Waals surface area contributed by atoms with Gasteiger partial charge >= 0.3 is 0 Å². The van der Waals surface area contributed by atoms with Crippen LogP contribution in [-0.4, -0.2) is 62.1 Å². The molecule has 2 atom stereocenters. The van der Waals surface area contributed by atoms with Gasteiger partial charge in [-0.3, -0.25) is 14.6 Å². The van der Waals surface area contributed by atoms with Crippen molar-refractivity contribution in [3.05, 3.63) is 78.0 Å². The molecule has 3 aromatic heterocycles. The maximum atomic E-state index is 13.4. The van der Waals surface area contributed by atoms with Crippen molar-refractivity contribution < 1.29 is 19.4 Å². The predicted octanol–water partition coefficient (Wildman–Crippen LogP) is 2.79. The Bertz CT molecular complexity index is 1330. The van der Waals surface area contributed by atoms with Crippen LogP contribution in [0.15, 0.2) is 61.3 Å². The first-order valence-corrected chi connectivity index (χ1v) is 11.3. The molecular formula is C25H24N6O4. The zero-order chi connectivity index (χ0) is 24.2. The standard InChI is InChI=1S/C25H24N6O4/c32-12-19-6-5-18(13-35-19)30-24-21-20(11-27-23(21)28-14-29-24)22(33)15-1-3-17(4-2-15)31-25(34)16-7-9-26-10-8-16/h1-4,7-11,14,18-19,32H,5-6,12-13H2,(H,31,34)(H2,27,28,29,30)/t18-,19+/m1/s1. The molecule has 0 spiro atoms. The molecule has 0 bridgehead atoms. The van der Waals surface area contributed by atoms with Crippen molar-refractivity contribution in [3.63, 3.8) is 0 Å². The highest BCUT2D eigenvalue weighted by molar-refractivity contribution is 6.18. The highest BCUT2D eigenvalue weighted by Crippen LogP contribution is 2.28. The smallest absolute Gasteiger partial charge is 0.255 e. The van der Waals surface area contributed by atoms with Crippen molar-refractivity contribution >= 4 is 34.2 Å². The molecule has 5 rings (SSSR count). The zero-order valence-corrected chi connectivity index (χ0v) is 18.8. The van der Waals surface area contributed by atoms with Crippen LogP contribution in [0.2, 0.25) is 0 Å². The molecule has 1 fully saturated rings. The quantitative estimate of drug-likeness (QED) is 0.301. The lowest BCUT2D eigenvalue weighted by molar-refractivity contribution is -0.0224. The molecular weight excluding hydrogens is 448 g/mol. The van der Waals surface area contributed by atoms with Crippen LogP contribution in [0.1, 0.15) is 39.1 Å². The average Bonchev–Trinajstić information content (AvgIpc) is 3.35. The number of ether oxygens (including phenoxy) is 1. The number of fused-ring (bicyclic) bond motifs is 1. The van der Waals surface area contributed by atoms with E-state index in [0.29, 0.717) is 45.8 Å². The van der Waals surface area contributed by atoms with Crippen LogP contribution in [0.25, 0.3) is 11.0 Å². The third kappa shape index (κ3) is 4.88. The van der Waals surface area contributed by atoms with E-state index in [2.05, 4.69) is 30.6 Å². The number of rotatable bonds is 7. The van der Waals surface area contributed by atoms with Gasteiger partial charge in [0.2, 0.25) is 0 Å². The molecule has 178 valence electrons. The number of hydrogen-bond acceptors (Lipinski definition) is 8. The van der Waals surface area contributed by atoms with E-state index in [0.717, 1.165) is 12.8 Å². The lowest BCUT2D eigenvalue weighted by Crippen LogP contribution is -2.36. The van der Waals surface area contributed by atoms with Crippen molar-refractivity contribution in [2.45, 2.75) is 25.0 Å². The number of nitrogens with zero attached hydrogens (tertiary/aromatic N) is 3. The van der Waals surface area contributed by atoms with E-state index in [1.165, 1.54) is 6.33 Å². The summed E-state index contributed by atoms with van der Waals surface area (Å²) in [6.45, 7) is 0.449. The number of amides is 1. The monoisotopic (exact) mass is 472 g/mol. The van der Waals surface area contributed by atoms with Gasteiger partial charge in [-0.25, -0.2) is 9.97 Å². The molecule has 0 unspecified atom stereocenters. The van der Waals surface area contributed by atoms with Gasteiger partial charge in [0.15, 0.2) is 5.78 Å². The van der Waals surface area contributed by atoms with E-state index in [1.807, 2.05) is 0 Å². The minimum Gasteiger partial charge on any atom is -0.394 e. The molecule has 0 radical (unpaired) electrons. The van der Waals surface area contributed by atoms with Crippen LogP contribution in [-0.2, 0) is 4.74 Å². The van der Waals surface area contributed by atoms with E-state index in [9.17, 15) is 14.7 Å². The largest absolute Gasteiger partial charge is 0.394 e. The lowest BCUT2D eigenvalue weighted by atomic mass is 10.0. The van der Waals surface area contributed by atoms with E-state index in [-0.39, 0.29) is 30.4 Å². The van der Waals surface area contributed by atoms with Gasteiger partial charge < -0.3 is 25.5 Å². The van der Waals surface area contributed by atoms with Crippen LogP contribution in [0.3, 0.4) is 0 Å². The number of hydrogen-bond donors (Lipinski definition) is 4. The summed E-state index contributed by atoms with van der Waals surface area (Å²) < 4.78 is 5.66. The number of nitrogens with one attached hydrogen (secondary N) is 3. The molecule has 0 saturated carbocycles. The highest BCUT2D eigenvalue weighted by Gasteiger charge is 2.24. The second kappa shape index (κ2) is 10.00. The number of benzene rings is 1. The Morgan fingerprint density at radius 1 is 1.06 bits per heavy atom. The van der Waals surface area contributed by atoms with Gasteiger partial charge in [0, 0.05) is 35.4 Å². The number of H-pyrrole nitrogens is 1. The van der Waals surface area contributed by atoms with Crippen molar-refractivity contribution in [2.24, 2.45) is 0 Å². The minimum atomic E-state index is -0.257. The predicted molar refractivity (Wildman–Crippen MR) is 129 cm³/mol. The molecule has 10 heteroatoms. The molecule has 1 saturated heterocycles. The molecule has 4 N–H and O–H groups in total. The van der Waals surface area contributed by atoms with Crippen LogP contribution in [0.5, 0.6) is 0 Å². The Labute approximate surface area is 200 Å². The molecule has 1 aromatic carbocycles. The fourth-order valence-corrected chi connectivity index (χ4v) is 4.08. The summed E-state index contributed by atoms with van der Waals surface area (Å²) >= 11 is 0. The molecule has 1 aliphatic heterocycles. The molecule has 4 heterocycles. The third-order valence-electron chi connectivity index (χ3n) is 5.98. The summed E-state index contributed by atoms with van der Waals surface area (Å²) in [5.74, 6) is 0.103.